The third-order valence-electron chi connectivity index (χ3n) is 3.66. The van der Waals surface area contributed by atoms with Crippen molar-refractivity contribution in [2.45, 2.75) is 6.92 Å². The molecule has 5 nitrogen and oxygen atoms in total. The Kier molecular flexibility index (Phi) is 4.55. The van der Waals surface area contributed by atoms with E-state index in [1.807, 2.05) is 49.0 Å². The molecule has 7 heteroatoms. The molecular formula is C17H15N3O2S2. The minimum atomic E-state index is -0.357. The van der Waals surface area contributed by atoms with Gasteiger partial charge in [0.1, 0.15) is 0 Å². The molecule has 2 heterocycles. The minimum absolute atomic E-state index is 0.308. The standard InChI is InChI=1S/C17H15N3O2S2/c1-11-6-3-4-8-13(11)15(21)18-20-16(22)14(24-17(20)23)10-12-7-5-9-19(12)2/h3-10H,1-2H3,(H,18,21)/b14-10+. The second kappa shape index (κ2) is 6.62. The summed E-state index contributed by atoms with van der Waals surface area (Å²) in [5, 5.41) is 1.13. The summed E-state index contributed by atoms with van der Waals surface area (Å²) in [5.74, 6) is -0.683. The van der Waals surface area contributed by atoms with E-state index in [4.69, 9.17) is 12.2 Å². The van der Waals surface area contributed by atoms with Gasteiger partial charge >= 0.3 is 0 Å². The smallest absolute Gasteiger partial charge is 0.285 e. The number of hydrogen-bond donors (Lipinski definition) is 1. The summed E-state index contributed by atoms with van der Waals surface area (Å²) in [7, 11) is 1.90. The SMILES string of the molecule is Cc1ccccc1C(=O)NN1C(=O)/C(=C\c2cccn2C)SC1=S. The molecule has 1 aromatic carbocycles. The molecule has 0 atom stereocenters. The maximum Gasteiger partial charge on any atom is 0.285 e. The van der Waals surface area contributed by atoms with Crippen LogP contribution < -0.4 is 5.43 Å². The van der Waals surface area contributed by atoms with Crippen LogP contribution in [0.1, 0.15) is 21.6 Å². The van der Waals surface area contributed by atoms with Crippen LogP contribution in [-0.2, 0) is 11.8 Å². The quantitative estimate of drug-likeness (QED) is 0.678. The summed E-state index contributed by atoms with van der Waals surface area (Å²) in [5.41, 5.74) is 4.83. The molecule has 1 N–H and O–H groups in total. The zero-order valence-corrected chi connectivity index (χ0v) is 14.8. The number of hydrazine groups is 1. The van der Waals surface area contributed by atoms with Crippen molar-refractivity contribution in [3.05, 3.63) is 64.3 Å². The van der Waals surface area contributed by atoms with Crippen molar-refractivity contribution in [2.24, 2.45) is 7.05 Å². The number of carbonyl (C=O) groups is 2. The lowest BCUT2D eigenvalue weighted by Crippen LogP contribution is -2.45. The number of nitrogens with one attached hydrogen (secondary N) is 1. The molecule has 1 aliphatic rings. The second-order valence-corrected chi connectivity index (χ2v) is 6.99. The van der Waals surface area contributed by atoms with Gasteiger partial charge in [-0.3, -0.25) is 15.0 Å². The van der Waals surface area contributed by atoms with Crippen molar-refractivity contribution in [2.75, 3.05) is 0 Å². The normalized spacial score (nSPS) is 16.1. The Balaban J connectivity index is 1.80. The average molecular weight is 357 g/mol. The summed E-state index contributed by atoms with van der Waals surface area (Å²) in [6.07, 6.45) is 3.66. The van der Waals surface area contributed by atoms with Crippen molar-refractivity contribution in [1.29, 1.82) is 0 Å². The van der Waals surface area contributed by atoms with Gasteiger partial charge in [-0.1, -0.05) is 30.0 Å². The fourth-order valence-electron chi connectivity index (χ4n) is 2.31. The first-order valence-corrected chi connectivity index (χ1v) is 8.46. The van der Waals surface area contributed by atoms with Crippen LogP contribution in [0.5, 0.6) is 0 Å². The highest BCUT2D eigenvalue weighted by atomic mass is 32.2. The van der Waals surface area contributed by atoms with E-state index in [0.717, 1.165) is 16.3 Å². The van der Waals surface area contributed by atoms with Crippen LogP contribution in [0.25, 0.3) is 6.08 Å². The topological polar surface area (TPSA) is 54.3 Å². The molecule has 2 amide bonds. The number of thioether (sulfide) groups is 1. The molecule has 122 valence electrons. The first-order chi connectivity index (χ1) is 11.5. The second-order valence-electron chi connectivity index (χ2n) is 5.32. The van der Waals surface area contributed by atoms with Gasteiger partial charge in [-0.15, -0.1) is 0 Å². The number of amides is 2. The predicted octanol–water partition coefficient (Wildman–Crippen LogP) is 2.88. The minimum Gasteiger partial charge on any atom is -0.351 e. The van der Waals surface area contributed by atoms with Crippen LogP contribution in [0.15, 0.2) is 47.5 Å². The predicted molar refractivity (Wildman–Crippen MR) is 99.1 cm³/mol. The number of thiocarbonyl (C=S) groups is 1. The Morgan fingerprint density at radius 1 is 1.25 bits per heavy atom. The van der Waals surface area contributed by atoms with Crippen molar-refractivity contribution in [3.8, 4) is 0 Å². The molecule has 0 unspecified atom stereocenters. The fourth-order valence-corrected chi connectivity index (χ4v) is 3.48. The Morgan fingerprint density at radius 2 is 2.00 bits per heavy atom. The highest BCUT2D eigenvalue weighted by Gasteiger charge is 2.34. The fraction of sp³-hybridized carbons (Fsp3) is 0.118. The summed E-state index contributed by atoms with van der Waals surface area (Å²) in [4.78, 5) is 25.4. The number of aromatic nitrogens is 1. The van der Waals surface area contributed by atoms with E-state index in [9.17, 15) is 9.59 Å². The van der Waals surface area contributed by atoms with Crippen molar-refractivity contribution in [3.63, 3.8) is 0 Å². The summed E-state index contributed by atoms with van der Waals surface area (Å²) < 4.78 is 2.21. The summed E-state index contributed by atoms with van der Waals surface area (Å²) in [6.45, 7) is 1.84. The molecular weight excluding hydrogens is 342 g/mol. The highest BCUT2D eigenvalue weighted by Crippen LogP contribution is 2.31. The number of nitrogens with zero attached hydrogens (tertiary/aromatic N) is 2. The molecule has 1 aliphatic heterocycles. The molecule has 0 aliphatic carbocycles. The first kappa shape index (κ1) is 16.5. The third-order valence-corrected chi connectivity index (χ3v) is 4.96. The number of hydrogen-bond acceptors (Lipinski definition) is 4. The molecule has 0 radical (unpaired) electrons. The number of benzene rings is 1. The largest absolute Gasteiger partial charge is 0.351 e. The maximum absolute atomic E-state index is 12.5. The molecule has 2 aromatic rings. The molecule has 1 aromatic heterocycles. The zero-order valence-electron chi connectivity index (χ0n) is 13.1. The molecule has 0 bridgehead atoms. The van der Waals surface area contributed by atoms with Gasteiger partial charge in [0.15, 0.2) is 4.32 Å². The Labute approximate surface area is 149 Å². The third kappa shape index (κ3) is 3.13. The van der Waals surface area contributed by atoms with Crippen molar-refractivity contribution >= 4 is 46.2 Å². The van der Waals surface area contributed by atoms with Crippen molar-refractivity contribution in [1.82, 2.24) is 15.0 Å². The number of aryl methyl sites for hydroxylation is 2. The van der Waals surface area contributed by atoms with Crippen LogP contribution in [0.4, 0.5) is 0 Å². The van der Waals surface area contributed by atoms with Gasteiger partial charge in [-0.25, -0.2) is 0 Å². The summed E-state index contributed by atoms with van der Waals surface area (Å²) >= 11 is 6.40. The number of carbonyl (C=O) groups excluding carboxylic acids is 2. The van der Waals surface area contributed by atoms with E-state index < -0.39 is 0 Å². The lowest BCUT2D eigenvalue weighted by atomic mass is 10.1. The van der Waals surface area contributed by atoms with Crippen LogP contribution in [-0.4, -0.2) is 25.7 Å². The molecule has 24 heavy (non-hydrogen) atoms. The van der Waals surface area contributed by atoms with Gasteiger partial charge < -0.3 is 4.57 Å². The maximum atomic E-state index is 12.5. The summed E-state index contributed by atoms with van der Waals surface area (Å²) in [6, 6.07) is 11.0. The van der Waals surface area contributed by atoms with Gasteiger partial charge in [0.05, 0.1) is 4.91 Å². The van der Waals surface area contributed by atoms with Crippen LogP contribution in [0.2, 0.25) is 0 Å². The lowest BCUT2D eigenvalue weighted by molar-refractivity contribution is -0.123. The van der Waals surface area contributed by atoms with Crippen LogP contribution >= 0.6 is 24.0 Å². The molecule has 0 spiro atoms. The molecule has 1 fully saturated rings. The zero-order chi connectivity index (χ0) is 17.3. The van der Waals surface area contributed by atoms with Crippen LogP contribution in [0, 0.1) is 6.92 Å². The molecule has 1 saturated heterocycles. The Bertz CT molecular complexity index is 870. The monoisotopic (exact) mass is 357 g/mol. The van der Waals surface area contributed by atoms with E-state index in [1.54, 1.807) is 18.2 Å². The lowest BCUT2D eigenvalue weighted by Gasteiger charge is -2.16. The van der Waals surface area contributed by atoms with E-state index in [1.165, 1.54) is 11.8 Å². The van der Waals surface area contributed by atoms with Crippen LogP contribution in [0.3, 0.4) is 0 Å². The van der Waals surface area contributed by atoms with Gasteiger partial charge in [0, 0.05) is 24.5 Å². The molecule has 0 saturated carbocycles. The van der Waals surface area contributed by atoms with Gasteiger partial charge in [-0.05, 0) is 49.0 Å². The van der Waals surface area contributed by atoms with E-state index >= 15 is 0 Å². The highest BCUT2D eigenvalue weighted by molar-refractivity contribution is 8.26. The average Bonchev–Trinajstić information content (AvgIpc) is 3.06. The van der Waals surface area contributed by atoms with E-state index in [2.05, 4.69) is 5.43 Å². The Morgan fingerprint density at radius 3 is 2.67 bits per heavy atom. The van der Waals surface area contributed by atoms with Crippen molar-refractivity contribution < 1.29 is 9.59 Å². The van der Waals surface area contributed by atoms with E-state index in [0.29, 0.717) is 14.8 Å². The number of rotatable bonds is 3. The first-order valence-electron chi connectivity index (χ1n) is 7.23. The van der Waals surface area contributed by atoms with Gasteiger partial charge in [0.25, 0.3) is 11.8 Å². The van der Waals surface area contributed by atoms with Gasteiger partial charge in [-0.2, -0.15) is 5.01 Å². The van der Waals surface area contributed by atoms with E-state index in [-0.39, 0.29) is 11.8 Å². The molecule has 3 rings (SSSR count). The van der Waals surface area contributed by atoms with Gasteiger partial charge in [0.2, 0.25) is 0 Å². The Hall–Kier alpha value is -2.38.